The molecule has 1 N–H and O–H groups in total. The highest BCUT2D eigenvalue weighted by molar-refractivity contribution is 5.85. The van der Waals surface area contributed by atoms with Crippen LogP contribution >= 0.6 is 0 Å². The first-order valence-electron chi connectivity index (χ1n) is 5.69. The zero-order chi connectivity index (χ0) is 14.8. The van der Waals surface area contributed by atoms with Crippen LogP contribution in [0.5, 0.6) is 0 Å². The summed E-state index contributed by atoms with van der Waals surface area (Å²) in [6, 6.07) is 4.53. The molecule has 0 fully saturated rings. The van der Waals surface area contributed by atoms with E-state index in [9.17, 15) is 18.0 Å². The Balaban J connectivity index is 2.31. The van der Waals surface area contributed by atoms with Crippen LogP contribution in [0.4, 0.5) is 13.2 Å². The molecule has 106 valence electrons. The molecular weight excluding hydrogens is 275 g/mol. The van der Waals surface area contributed by atoms with E-state index in [0.717, 1.165) is 12.1 Å². The van der Waals surface area contributed by atoms with E-state index in [-0.39, 0.29) is 23.8 Å². The summed E-state index contributed by atoms with van der Waals surface area (Å²) in [6.45, 7) is 1.79. The van der Waals surface area contributed by atoms with E-state index < -0.39 is 17.7 Å². The molecule has 2 aromatic rings. The number of H-pyrrole nitrogens is 1. The number of aromatic amines is 1. The van der Waals surface area contributed by atoms with E-state index in [2.05, 4.69) is 15.2 Å². The lowest BCUT2D eigenvalue weighted by Crippen LogP contribution is -2.06. The maximum absolute atomic E-state index is 12.6. The number of nitrogens with one attached hydrogen (secondary N) is 1. The van der Waals surface area contributed by atoms with Gasteiger partial charge >= 0.3 is 12.1 Å². The Labute approximate surface area is 111 Å². The van der Waals surface area contributed by atoms with Gasteiger partial charge in [0.15, 0.2) is 5.82 Å². The van der Waals surface area contributed by atoms with E-state index in [4.69, 9.17) is 4.74 Å². The highest BCUT2D eigenvalue weighted by Crippen LogP contribution is 2.31. The highest BCUT2D eigenvalue weighted by atomic mass is 19.4. The van der Waals surface area contributed by atoms with Crippen molar-refractivity contribution < 1.29 is 22.7 Å². The number of aromatic nitrogens is 3. The fraction of sp³-hybridized carbons (Fsp3) is 0.250. The zero-order valence-corrected chi connectivity index (χ0v) is 10.4. The Morgan fingerprint density at radius 2 is 2.15 bits per heavy atom. The number of benzene rings is 1. The highest BCUT2D eigenvalue weighted by Gasteiger charge is 2.30. The quantitative estimate of drug-likeness (QED) is 0.880. The minimum atomic E-state index is -4.45. The third kappa shape index (κ3) is 2.95. The average Bonchev–Trinajstić information content (AvgIpc) is 2.88. The normalized spacial score (nSPS) is 11.4. The minimum Gasteiger partial charge on any atom is -0.460 e. The van der Waals surface area contributed by atoms with Crippen molar-refractivity contribution in [1.82, 2.24) is 15.2 Å². The van der Waals surface area contributed by atoms with E-state index in [1.54, 1.807) is 6.92 Å². The molecule has 2 rings (SSSR count). The lowest BCUT2D eigenvalue weighted by atomic mass is 10.1. The monoisotopic (exact) mass is 285 g/mol. The number of alkyl halides is 3. The molecule has 0 bridgehead atoms. The molecule has 0 aliphatic rings. The largest absolute Gasteiger partial charge is 0.460 e. The number of halogens is 3. The second kappa shape index (κ2) is 5.32. The molecule has 5 nitrogen and oxygen atoms in total. The Bertz CT molecular complexity index is 622. The van der Waals surface area contributed by atoms with Crippen molar-refractivity contribution in [2.45, 2.75) is 13.1 Å². The van der Waals surface area contributed by atoms with Crippen molar-refractivity contribution in [1.29, 1.82) is 0 Å². The zero-order valence-electron chi connectivity index (χ0n) is 10.4. The van der Waals surface area contributed by atoms with Gasteiger partial charge in [0.2, 0.25) is 5.82 Å². The van der Waals surface area contributed by atoms with Crippen LogP contribution in [0.3, 0.4) is 0 Å². The summed E-state index contributed by atoms with van der Waals surface area (Å²) in [7, 11) is 0. The van der Waals surface area contributed by atoms with Gasteiger partial charge in [0, 0.05) is 5.56 Å². The van der Waals surface area contributed by atoms with Crippen molar-refractivity contribution in [2.24, 2.45) is 0 Å². The molecule has 1 aromatic heterocycles. The molecule has 1 heterocycles. The molecular formula is C12H10F3N3O2. The Morgan fingerprint density at radius 1 is 1.40 bits per heavy atom. The first kappa shape index (κ1) is 14.0. The lowest BCUT2D eigenvalue weighted by molar-refractivity contribution is -0.137. The van der Waals surface area contributed by atoms with Crippen molar-refractivity contribution in [2.75, 3.05) is 6.61 Å². The molecule has 0 unspecified atom stereocenters. The van der Waals surface area contributed by atoms with E-state index >= 15 is 0 Å². The molecule has 0 saturated carbocycles. The summed E-state index contributed by atoms with van der Waals surface area (Å²) >= 11 is 0. The number of esters is 1. The van der Waals surface area contributed by atoms with Gasteiger partial charge in [0.25, 0.3) is 0 Å². The number of hydrogen-bond acceptors (Lipinski definition) is 4. The van der Waals surface area contributed by atoms with E-state index in [1.807, 2.05) is 0 Å². The maximum atomic E-state index is 12.6. The molecule has 0 saturated heterocycles. The predicted octanol–water partition coefficient (Wildman–Crippen LogP) is 2.67. The minimum absolute atomic E-state index is 0.000784. The standard InChI is InChI=1S/C12H10F3N3O2/c1-2-20-11(19)10-16-9(17-18-10)7-4-3-5-8(6-7)12(13,14)15/h3-6H,2H2,1H3,(H,16,17,18). The van der Waals surface area contributed by atoms with Gasteiger partial charge in [-0.25, -0.2) is 9.78 Å². The van der Waals surface area contributed by atoms with Gasteiger partial charge in [-0.1, -0.05) is 12.1 Å². The summed E-state index contributed by atoms with van der Waals surface area (Å²) in [5.41, 5.74) is -0.649. The second-order valence-corrected chi connectivity index (χ2v) is 3.81. The van der Waals surface area contributed by atoms with Crippen molar-refractivity contribution in [3.8, 4) is 11.4 Å². The fourth-order valence-corrected chi connectivity index (χ4v) is 1.52. The lowest BCUT2D eigenvalue weighted by Gasteiger charge is -2.06. The van der Waals surface area contributed by atoms with Crippen molar-refractivity contribution in [3.63, 3.8) is 0 Å². The van der Waals surface area contributed by atoms with Crippen LogP contribution in [0, 0.1) is 0 Å². The van der Waals surface area contributed by atoms with Gasteiger partial charge < -0.3 is 4.74 Å². The third-order valence-electron chi connectivity index (χ3n) is 2.40. The van der Waals surface area contributed by atoms with Gasteiger partial charge in [0.1, 0.15) is 0 Å². The molecule has 0 spiro atoms. The number of carbonyl (C=O) groups excluding carboxylic acids is 1. The van der Waals surface area contributed by atoms with Crippen LogP contribution in [-0.4, -0.2) is 27.8 Å². The SMILES string of the molecule is CCOC(=O)c1nc(-c2cccc(C(F)(F)F)c2)n[nH]1. The first-order chi connectivity index (χ1) is 9.41. The number of nitrogens with zero attached hydrogens (tertiary/aromatic N) is 2. The molecule has 0 amide bonds. The Hall–Kier alpha value is -2.38. The topological polar surface area (TPSA) is 67.9 Å². The fourth-order valence-electron chi connectivity index (χ4n) is 1.52. The molecule has 0 aliphatic heterocycles. The Kier molecular flexibility index (Phi) is 3.73. The second-order valence-electron chi connectivity index (χ2n) is 3.81. The first-order valence-corrected chi connectivity index (χ1v) is 5.69. The van der Waals surface area contributed by atoms with Gasteiger partial charge in [-0.2, -0.15) is 18.3 Å². The third-order valence-corrected chi connectivity index (χ3v) is 2.40. The van der Waals surface area contributed by atoms with Crippen LogP contribution in [0.2, 0.25) is 0 Å². The van der Waals surface area contributed by atoms with Crippen LogP contribution in [-0.2, 0) is 10.9 Å². The summed E-state index contributed by atoms with van der Waals surface area (Å²) in [6.07, 6.45) is -4.45. The number of carbonyl (C=O) groups is 1. The molecule has 1 aromatic carbocycles. The number of rotatable bonds is 3. The van der Waals surface area contributed by atoms with Gasteiger partial charge in [-0.3, -0.25) is 5.10 Å². The molecule has 0 radical (unpaired) electrons. The summed E-state index contributed by atoms with van der Waals surface area (Å²) in [5, 5.41) is 6.04. The Morgan fingerprint density at radius 3 is 2.80 bits per heavy atom. The van der Waals surface area contributed by atoms with Gasteiger partial charge in [-0.15, -0.1) is 0 Å². The molecule has 20 heavy (non-hydrogen) atoms. The van der Waals surface area contributed by atoms with E-state index in [1.165, 1.54) is 12.1 Å². The van der Waals surface area contributed by atoms with Crippen LogP contribution in [0.15, 0.2) is 24.3 Å². The van der Waals surface area contributed by atoms with E-state index in [0.29, 0.717) is 0 Å². The number of hydrogen-bond donors (Lipinski definition) is 1. The summed E-state index contributed by atoms with van der Waals surface area (Å²) in [5.74, 6) is -0.864. The van der Waals surface area contributed by atoms with Gasteiger partial charge in [0.05, 0.1) is 12.2 Å². The maximum Gasteiger partial charge on any atom is 0.416 e. The molecule has 8 heteroatoms. The van der Waals surface area contributed by atoms with Crippen molar-refractivity contribution in [3.05, 3.63) is 35.7 Å². The van der Waals surface area contributed by atoms with Crippen LogP contribution in [0.1, 0.15) is 23.1 Å². The molecule has 0 aliphatic carbocycles. The van der Waals surface area contributed by atoms with Crippen LogP contribution in [0.25, 0.3) is 11.4 Å². The smallest absolute Gasteiger partial charge is 0.416 e. The van der Waals surface area contributed by atoms with Crippen molar-refractivity contribution >= 4 is 5.97 Å². The number of ether oxygens (including phenoxy) is 1. The predicted molar refractivity (Wildman–Crippen MR) is 62.8 cm³/mol. The van der Waals surface area contributed by atoms with Crippen LogP contribution < -0.4 is 0 Å². The summed E-state index contributed by atoms with van der Waals surface area (Å²) < 4.78 is 42.5. The van der Waals surface area contributed by atoms with Gasteiger partial charge in [-0.05, 0) is 19.1 Å². The average molecular weight is 285 g/mol. The summed E-state index contributed by atoms with van der Waals surface area (Å²) in [4.78, 5) is 15.2. The molecule has 0 atom stereocenters.